The molecule has 2 rings (SSSR count). The Morgan fingerprint density at radius 3 is 2.68 bits per heavy atom. The predicted octanol–water partition coefficient (Wildman–Crippen LogP) is 3.36. The molecule has 1 aromatic heterocycles. The molecule has 0 aliphatic carbocycles. The number of hydrogen-bond acceptors (Lipinski definition) is 5. The molecule has 0 bridgehead atoms. The number of nitrogens with zero attached hydrogens (tertiary/aromatic N) is 3. The minimum atomic E-state index is -0.302. The lowest BCUT2D eigenvalue weighted by molar-refractivity contribution is -0.111. The van der Waals surface area contributed by atoms with E-state index in [1.54, 1.807) is 24.3 Å². The lowest BCUT2D eigenvalue weighted by Gasteiger charge is -2.12. The first-order valence-electron chi connectivity index (χ1n) is 6.72. The van der Waals surface area contributed by atoms with Gasteiger partial charge in [-0.15, -0.1) is 10.2 Å². The first-order chi connectivity index (χ1) is 10.4. The quantitative estimate of drug-likeness (QED) is 0.881. The number of carbonyl (C=O) groups excluding carboxylic acids is 1. The molecule has 0 aliphatic heterocycles. The van der Waals surface area contributed by atoms with E-state index in [0.717, 1.165) is 5.01 Å². The zero-order valence-corrected chi connectivity index (χ0v) is 13.4. The van der Waals surface area contributed by atoms with Crippen LogP contribution in [0.1, 0.15) is 36.9 Å². The van der Waals surface area contributed by atoms with E-state index in [2.05, 4.69) is 21.6 Å². The van der Waals surface area contributed by atoms with Crippen molar-refractivity contribution in [1.29, 1.82) is 5.26 Å². The molecule has 2 aromatic rings. The molecule has 5 nitrogen and oxygen atoms in total. The van der Waals surface area contributed by atoms with Crippen molar-refractivity contribution < 1.29 is 4.79 Å². The van der Waals surface area contributed by atoms with E-state index in [0.29, 0.717) is 16.3 Å². The summed E-state index contributed by atoms with van der Waals surface area (Å²) in [5.41, 5.74) is 1.13. The largest absolute Gasteiger partial charge is 0.297 e. The van der Waals surface area contributed by atoms with E-state index < -0.39 is 0 Å². The smallest absolute Gasteiger partial charge is 0.250 e. The summed E-state index contributed by atoms with van der Waals surface area (Å²) in [6.07, 6.45) is 2.99. The van der Waals surface area contributed by atoms with Crippen LogP contribution in [-0.2, 0) is 10.2 Å². The van der Waals surface area contributed by atoms with Crippen LogP contribution in [0.2, 0.25) is 0 Å². The normalized spacial score (nSPS) is 11.4. The summed E-state index contributed by atoms with van der Waals surface area (Å²) in [6.45, 7) is 6.12. The van der Waals surface area contributed by atoms with E-state index in [1.807, 2.05) is 26.8 Å². The number of amides is 1. The van der Waals surface area contributed by atoms with E-state index >= 15 is 0 Å². The molecule has 1 amide bonds. The second-order valence-electron chi connectivity index (χ2n) is 5.68. The van der Waals surface area contributed by atoms with Gasteiger partial charge in [-0.05, 0) is 17.7 Å². The number of anilines is 1. The van der Waals surface area contributed by atoms with Gasteiger partial charge in [0, 0.05) is 11.5 Å². The molecule has 0 saturated heterocycles. The fourth-order valence-electron chi connectivity index (χ4n) is 1.63. The minimum absolute atomic E-state index is 0.0950. The van der Waals surface area contributed by atoms with Crippen LogP contribution in [0.25, 0.3) is 6.08 Å². The standard InChI is InChI=1S/C16H16N4OS/c1-16(2,3)14-19-20-15(22-14)18-13(21)9-8-11-6-4-5-7-12(11)10-17/h4-9H,1-3H3,(H,18,20,21)/b9-8+. The third-order valence-electron chi connectivity index (χ3n) is 2.79. The maximum Gasteiger partial charge on any atom is 0.250 e. The van der Waals surface area contributed by atoms with Gasteiger partial charge in [0.15, 0.2) is 0 Å². The number of nitriles is 1. The SMILES string of the molecule is CC(C)(C)c1nnc(NC(=O)/C=C/c2ccccc2C#N)s1. The Morgan fingerprint density at radius 1 is 1.32 bits per heavy atom. The van der Waals surface area contributed by atoms with Gasteiger partial charge in [-0.1, -0.05) is 50.3 Å². The first kappa shape index (κ1) is 15.9. The summed E-state index contributed by atoms with van der Waals surface area (Å²) < 4.78 is 0. The van der Waals surface area contributed by atoms with Crippen LogP contribution in [-0.4, -0.2) is 16.1 Å². The van der Waals surface area contributed by atoms with Crippen LogP contribution in [0, 0.1) is 11.3 Å². The van der Waals surface area contributed by atoms with Crippen molar-refractivity contribution >= 4 is 28.5 Å². The molecule has 0 atom stereocenters. The monoisotopic (exact) mass is 312 g/mol. The molecule has 0 radical (unpaired) electrons. The van der Waals surface area contributed by atoms with Crippen LogP contribution >= 0.6 is 11.3 Å². The van der Waals surface area contributed by atoms with Gasteiger partial charge in [0.25, 0.3) is 0 Å². The Hall–Kier alpha value is -2.52. The highest BCUT2D eigenvalue weighted by molar-refractivity contribution is 7.15. The summed E-state index contributed by atoms with van der Waals surface area (Å²) in [5, 5.41) is 21.0. The summed E-state index contributed by atoms with van der Waals surface area (Å²) in [5.74, 6) is -0.302. The van der Waals surface area contributed by atoms with Gasteiger partial charge < -0.3 is 0 Å². The van der Waals surface area contributed by atoms with Crippen LogP contribution in [0.4, 0.5) is 5.13 Å². The van der Waals surface area contributed by atoms with Crippen molar-refractivity contribution in [3.8, 4) is 6.07 Å². The van der Waals surface area contributed by atoms with Crippen LogP contribution in [0.3, 0.4) is 0 Å². The molecule has 0 unspecified atom stereocenters. The van der Waals surface area contributed by atoms with Crippen molar-refractivity contribution in [3.05, 3.63) is 46.5 Å². The van der Waals surface area contributed by atoms with Gasteiger partial charge in [-0.2, -0.15) is 5.26 Å². The summed E-state index contributed by atoms with van der Waals surface area (Å²) in [6, 6.07) is 9.18. The zero-order chi connectivity index (χ0) is 16.2. The molecule has 112 valence electrons. The topological polar surface area (TPSA) is 78.7 Å². The molecular weight excluding hydrogens is 296 g/mol. The number of rotatable bonds is 3. The number of benzene rings is 1. The van der Waals surface area contributed by atoms with Gasteiger partial charge in [0.05, 0.1) is 11.6 Å². The van der Waals surface area contributed by atoms with Crippen LogP contribution < -0.4 is 5.32 Å². The molecule has 6 heteroatoms. The second-order valence-corrected chi connectivity index (χ2v) is 6.66. The lowest BCUT2D eigenvalue weighted by Crippen LogP contribution is -2.10. The second kappa shape index (κ2) is 6.50. The highest BCUT2D eigenvalue weighted by Gasteiger charge is 2.19. The average molecular weight is 312 g/mol. The highest BCUT2D eigenvalue weighted by atomic mass is 32.1. The van der Waals surface area contributed by atoms with E-state index in [4.69, 9.17) is 5.26 Å². The molecule has 1 heterocycles. The fourth-order valence-corrected chi connectivity index (χ4v) is 2.44. The molecule has 1 N–H and O–H groups in total. The summed E-state index contributed by atoms with van der Waals surface area (Å²) >= 11 is 1.36. The van der Waals surface area contributed by atoms with E-state index in [-0.39, 0.29) is 11.3 Å². The Balaban J connectivity index is 2.06. The molecule has 0 fully saturated rings. The van der Waals surface area contributed by atoms with Crippen molar-refractivity contribution in [1.82, 2.24) is 10.2 Å². The summed E-state index contributed by atoms with van der Waals surface area (Å²) in [4.78, 5) is 11.9. The van der Waals surface area contributed by atoms with Gasteiger partial charge >= 0.3 is 0 Å². The molecule has 0 saturated carbocycles. The van der Waals surface area contributed by atoms with Crippen LogP contribution in [0.15, 0.2) is 30.3 Å². The van der Waals surface area contributed by atoms with Crippen molar-refractivity contribution in [2.75, 3.05) is 5.32 Å². The lowest BCUT2D eigenvalue weighted by atomic mass is 9.98. The molecule has 1 aromatic carbocycles. The Bertz CT molecular complexity index is 750. The molecule has 0 aliphatic rings. The molecule has 0 spiro atoms. The van der Waals surface area contributed by atoms with Crippen molar-refractivity contribution in [2.45, 2.75) is 26.2 Å². The Labute approximate surface area is 133 Å². The van der Waals surface area contributed by atoms with E-state index in [9.17, 15) is 4.79 Å². The van der Waals surface area contributed by atoms with Gasteiger partial charge in [-0.25, -0.2) is 0 Å². The number of hydrogen-bond donors (Lipinski definition) is 1. The third kappa shape index (κ3) is 3.99. The fraction of sp³-hybridized carbons (Fsp3) is 0.250. The molecule has 22 heavy (non-hydrogen) atoms. The Kier molecular flexibility index (Phi) is 4.68. The first-order valence-corrected chi connectivity index (χ1v) is 7.54. The van der Waals surface area contributed by atoms with Crippen molar-refractivity contribution in [3.63, 3.8) is 0 Å². The van der Waals surface area contributed by atoms with Gasteiger partial charge in [-0.3, -0.25) is 10.1 Å². The van der Waals surface area contributed by atoms with Crippen molar-refractivity contribution in [2.24, 2.45) is 0 Å². The van der Waals surface area contributed by atoms with E-state index in [1.165, 1.54) is 17.4 Å². The van der Waals surface area contributed by atoms with Gasteiger partial charge in [0.1, 0.15) is 5.01 Å². The predicted molar refractivity (Wildman–Crippen MR) is 87.4 cm³/mol. The number of nitrogens with one attached hydrogen (secondary N) is 1. The Morgan fingerprint density at radius 2 is 2.05 bits per heavy atom. The zero-order valence-electron chi connectivity index (χ0n) is 12.6. The minimum Gasteiger partial charge on any atom is -0.297 e. The number of aromatic nitrogens is 2. The van der Waals surface area contributed by atoms with Gasteiger partial charge in [0.2, 0.25) is 11.0 Å². The maximum absolute atomic E-state index is 11.9. The third-order valence-corrected chi connectivity index (χ3v) is 4.06. The summed E-state index contributed by atoms with van der Waals surface area (Å²) in [7, 11) is 0. The van der Waals surface area contributed by atoms with Crippen LogP contribution in [0.5, 0.6) is 0 Å². The average Bonchev–Trinajstić information content (AvgIpc) is 2.94. The highest BCUT2D eigenvalue weighted by Crippen LogP contribution is 2.27. The number of carbonyl (C=O) groups is 1. The maximum atomic E-state index is 11.9. The molecular formula is C16H16N4OS.